The summed E-state index contributed by atoms with van der Waals surface area (Å²) in [6.07, 6.45) is 3.89. The molecule has 2 rings (SSSR count). The first-order valence-corrected chi connectivity index (χ1v) is 6.48. The van der Waals surface area contributed by atoms with Gasteiger partial charge in [-0.3, -0.25) is 0 Å². The third kappa shape index (κ3) is 3.42. The summed E-state index contributed by atoms with van der Waals surface area (Å²) in [6.45, 7) is 0. The fourth-order valence-corrected chi connectivity index (χ4v) is 2.13. The predicted molar refractivity (Wildman–Crippen MR) is 77.3 cm³/mol. The van der Waals surface area contributed by atoms with Crippen LogP contribution in [0.1, 0.15) is 18.0 Å². The Morgan fingerprint density at radius 1 is 1.43 bits per heavy atom. The molecular weight excluding hydrogens is 268 g/mol. The molecule has 0 bridgehead atoms. The van der Waals surface area contributed by atoms with Crippen LogP contribution in [0.25, 0.3) is 0 Å². The van der Waals surface area contributed by atoms with Gasteiger partial charge >= 0.3 is 5.97 Å². The van der Waals surface area contributed by atoms with E-state index in [1.54, 1.807) is 13.2 Å². The monoisotopic (exact) mass is 284 g/mol. The van der Waals surface area contributed by atoms with E-state index in [0.29, 0.717) is 12.0 Å². The zero-order valence-corrected chi connectivity index (χ0v) is 11.9. The smallest absolute Gasteiger partial charge is 0.354 e. The van der Waals surface area contributed by atoms with Crippen molar-refractivity contribution in [2.75, 3.05) is 14.2 Å². The van der Waals surface area contributed by atoms with Gasteiger partial charge in [0.25, 0.3) is 0 Å². The molecule has 0 fully saturated rings. The van der Waals surface area contributed by atoms with Crippen LogP contribution >= 0.6 is 0 Å². The van der Waals surface area contributed by atoms with E-state index in [2.05, 4.69) is 11.4 Å². The number of benzene rings is 1. The number of rotatable bonds is 3. The van der Waals surface area contributed by atoms with E-state index in [0.717, 1.165) is 11.3 Å². The van der Waals surface area contributed by atoms with Gasteiger partial charge in [0.2, 0.25) is 0 Å². The largest absolute Gasteiger partial charge is 0.497 e. The molecule has 5 nitrogen and oxygen atoms in total. The van der Waals surface area contributed by atoms with E-state index in [1.807, 2.05) is 24.3 Å². The van der Waals surface area contributed by atoms with Crippen LogP contribution < -0.4 is 10.1 Å². The van der Waals surface area contributed by atoms with Crippen LogP contribution in [0.2, 0.25) is 0 Å². The maximum absolute atomic E-state index is 11.8. The van der Waals surface area contributed by atoms with Gasteiger partial charge in [-0.15, -0.1) is 0 Å². The van der Waals surface area contributed by atoms with E-state index in [-0.39, 0.29) is 11.7 Å². The van der Waals surface area contributed by atoms with Crippen LogP contribution in [0, 0.1) is 11.3 Å². The Balaban J connectivity index is 2.33. The Morgan fingerprint density at radius 2 is 2.24 bits per heavy atom. The van der Waals surface area contributed by atoms with Crippen LogP contribution in [-0.4, -0.2) is 20.2 Å². The summed E-state index contributed by atoms with van der Waals surface area (Å²) >= 11 is 0. The number of ether oxygens (including phenoxy) is 2. The normalized spacial score (nSPS) is 17.5. The molecule has 0 spiro atoms. The van der Waals surface area contributed by atoms with Crippen LogP contribution in [0.5, 0.6) is 5.75 Å². The molecule has 1 atom stereocenters. The maximum atomic E-state index is 11.8. The summed E-state index contributed by atoms with van der Waals surface area (Å²) in [5.41, 5.74) is 1.68. The molecule has 1 aliphatic heterocycles. The number of hydrogen-bond donors (Lipinski definition) is 1. The lowest BCUT2D eigenvalue weighted by molar-refractivity contribution is -0.136. The third-order valence-electron chi connectivity index (χ3n) is 3.23. The molecule has 0 radical (unpaired) electrons. The zero-order chi connectivity index (χ0) is 15.2. The third-order valence-corrected chi connectivity index (χ3v) is 3.23. The quantitative estimate of drug-likeness (QED) is 0.862. The fraction of sp³-hybridized carbons (Fsp3) is 0.250. The molecule has 0 saturated carbocycles. The summed E-state index contributed by atoms with van der Waals surface area (Å²) in [5.74, 6) is 0.248. The number of hydrogen-bond acceptors (Lipinski definition) is 5. The second-order valence-corrected chi connectivity index (χ2v) is 4.53. The highest BCUT2D eigenvalue weighted by molar-refractivity contribution is 5.88. The number of esters is 1. The van der Waals surface area contributed by atoms with Crippen molar-refractivity contribution in [3.05, 3.63) is 53.3 Å². The number of carbonyl (C=O) groups is 1. The van der Waals surface area contributed by atoms with E-state index >= 15 is 0 Å². The van der Waals surface area contributed by atoms with Gasteiger partial charge in [0.1, 0.15) is 11.4 Å². The van der Waals surface area contributed by atoms with Gasteiger partial charge in [-0.05, 0) is 30.2 Å². The van der Waals surface area contributed by atoms with Crippen LogP contribution in [-0.2, 0) is 9.53 Å². The lowest BCUT2D eigenvalue weighted by Gasteiger charge is -2.19. The Morgan fingerprint density at radius 3 is 2.90 bits per heavy atom. The molecule has 21 heavy (non-hydrogen) atoms. The molecule has 0 saturated heterocycles. The summed E-state index contributed by atoms with van der Waals surface area (Å²) in [6, 6.07) is 9.52. The SMILES string of the molecule is COC(=O)C1=CC(C#N)=CCC(c2cccc(OC)c2)N1. The fourth-order valence-electron chi connectivity index (χ4n) is 2.13. The Labute approximate surface area is 123 Å². The first kappa shape index (κ1) is 14.7. The molecule has 0 amide bonds. The second-order valence-electron chi connectivity index (χ2n) is 4.53. The highest BCUT2D eigenvalue weighted by atomic mass is 16.5. The maximum Gasteiger partial charge on any atom is 0.354 e. The van der Waals surface area contributed by atoms with Crippen molar-refractivity contribution in [1.82, 2.24) is 5.32 Å². The van der Waals surface area contributed by atoms with Crippen molar-refractivity contribution in [2.45, 2.75) is 12.5 Å². The van der Waals surface area contributed by atoms with Gasteiger partial charge in [0.15, 0.2) is 0 Å². The van der Waals surface area contributed by atoms with Crippen LogP contribution in [0.15, 0.2) is 47.7 Å². The van der Waals surface area contributed by atoms with Crippen molar-refractivity contribution in [1.29, 1.82) is 5.26 Å². The van der Waals surface area contributed by atoms with Gasteiger partial charge < -0.3 is 14.8 Å². The molecule has 5 heteroatoms. The minimum Gasteiger partial charge on any atom is -0.497 e. The highest BCUT2D eigenvalue weighted by Crippen LogP contribution is 2.26. The van der Waals surface area contributed by atoms with Gasteiger partial charge in [-0.2, -0.15) is 5.26 Å². The van der Waals surface area contributed by atoms with Crippen molar-refractivity contribution >= 4 is 5.97 Å². The first-order valence-electron chi connectivity index (χ1n) is 6.48. The molecule has 0 aromatic heterocycles. The molecule has 108 valence electrons. The molecule has 1 N–H and O–H groups in total. The lowest BCUT2D eigenvalue weighted by atomic mass is 10.0. The predicted octanol–water partition coefficient (Wildman–Crippen LogP) is 2.24. The number of methoxy groups -OCH3 is 2. The van der Waals surface area contributed by atoms with Crippen LogP contribution in [0.4, 0.5) is 0 Å². The van der Waals surface area contributed by atoms with Crippen molar-refractivity contribution in [3.63, 3.8) is 0 Å². The van der Waals surface area contributed by atoms with E-state index in [1.165, 1.54) is 13.2 Å². The summed E-state index contributed by atoms with van der Waals surface area (Å²) in [4.78, 5) is 11.8. The minimum absolute atomic E-state index is 0.128. The molecule has 1 heterocycles. The van der Waals surface area contributed by atoms with Crippen molar-refractivity contribution < 1.29 is 14.3 Å². The molecule has 1 aliphatic rings. The highest BCUT2D eigenvalue weighted by Gasteiger charge is 2.20. The topological polar surface area (TPSA) is 71.4 Å². The number of nitrogens with zero attached hydrogens (tertiary/aromatic N) is 1. The number of carbonyl (C=O) groups excluding carboxylic acids is 1. The number of nitrogens with one attached hydrogen (secondary N) is 1. The standard InChI is InChI=1S/C16H16N2O3/c1-20-13-5-3-4-12(9-13)14-7-6-11(10-17)8-15(18-14)16(19)21-2/h3-6,8-9,14,18H,7H2,1-2H3. The Bertz CT molecular complexity index is 641. The number of nitriles is 1. The number of allylic oxidation sites excluding steroid dienone is 2. The van der Waals surface area contributed by atoms with Crippen LogP contribution in [0.3, 0.4) is 0 Å². The van der Waals surface area contributed by atoms with Gasteiger partial charge in [0, 0.05) is 0 Å². The minimum atomic E-state index is -0.494. The van der Waals surface area contributed by atoms with Gasteiger partial charge in [-0.1, -0.05) is 18.2 Å². The Kier molecular flexibility index (Phi) is 4.62. The summed E-state index contributed by atoms with van der Waals surface area (Å²) in [5, 5.41) is 12.2. The zero-order valence-electron chi connectivity index (χ0n) is 11.9. The van der Waals surface area contributed by atoms with Crippen molar-refractivity contribution in [3.8, 4) is 11.8 Å². The summed E-state index contributed by atoms with van der Waals surface area (Å²) < 4.78 is 9.95. The summed E-state index contributed by atoms with van der Waals surface area (Å²) in [7, 11) is 2.92. The average molecular weight is 284 g/mol. The molecule has 1 unspecified atom stereocenters. The molecule has 0 aliphatic carbocycles. The second kappa shape index (κ2) is 6.62. The Hall–Kier alpha value is -2.74. The van der Waals surface area contributed by atoms with Crippen molar-refractivity contribution in [2.24, 2.45) is 0 Å². The van der Waals surface area contributed by atoms with E-state index in [9.17, 15) is 4.79 Å². The van der Waals surface area contributed by atoms with E-state index in [4.69, 9.17) is 14.7 Å². The van der Waals surface area contributed by atoms with E-state index < -0.39 is 5.97 Å². The van der Waals surface area contributed by atoms with Gasteiger partial charge in [-0.25, -0.2) is 4.79 Å². The molecule has 1 aromatic rings. The average Bonchev–Trinajstić information content (AvgIpc) is 2.76. The van der Waals surface area contributed by atoms with Gasteiger partial charge in [0.05, 0.1) is 31.9 Å². The first-order chi connectivity index (χ1) is 10.2. The molecular formula is C16H16N2O3. The lowest BCUT2D eigenvalue weighted by Crippen LogP contribution is -2.25. The molecule has 1 aromatic carbocycles.